The number of hydrogen-bond donors (Lipinski definition) is 2. The maximum absolute atomic E-state index is 12.5. The van der Waals surface area contributed by atoms with Crippen LogP contribution in [0.5, 0.6) is 0 Å². The Balaban J connectivity index is 2.46. The zero-order chi connectivity index (χ0) is 17.1. The van der Waals surface area contributed by atoms with Gasteiger partial charge in [-0.15, -0.1) is 0 Å². The van der Waals surface area contributed by atoms with Gasteiger partial charge in [-0.25, -0.2) is 0 Å². The van der Waals surface area contributed by atoms with Crippen LogP contribution in [0.1, 0.15) is 19.8 Å². The second-order valence-corrected chi connectivity index (χ2v) is 5.98. The van der Waals surface area contributed by atoms with E-state index in [4.69, 9.17) is 4.74 Å². The van der Waals surface area contributed by atoms with Crippen LogP contribution >= 0.6 is 0 Å². The number of carboxylic acid groups (broad SMARTS) is 1. The third-order valence-corrected chi connectivity index (χ3v) is 4.83. The van der Waals surface area contributed by atoms with E-state index in [0.717, 1.165) is 0 Å². The maximum atomic E-state index is 12.5. The number of fused-ring (bicyclic) bond motifs is 2. The van der Waals surface area contributed by atoms with Gasteiger partial charge in [0.15, 0.2) is 0 Å². The second-order valence-electron chi connectivity index (χ2n) is 5.98. The molecular formula is C16H21NO6. The molecule has 6 unspecified atom stereocenters. The van der Waals surface area contributed by atoms with Crippen molar-refractivity contribution in [2.45, 2.75) is 25.9 Å². The van der Waals surface area contributed by atoms with E-state index in [-0.39, 0.29) is 24.6 Å². The van der Waals surface area contributed by atoms with Gasteiger partial charge in [0.1, 0.15) is 11.9 Å². The monoisotopic (exact) mass is 323 g/mol. The number of amides is 1. The van der Waals surface area contributed by atoms with Gasteiger partial charge in [-0.3, -0.25) is 19.2 Å². The molecular weight excluding hydrogens is 302 g/mol. The van der Waals surface area contributed by atoms with E-state index in [9.17, 15) is 24.3 Å². The first-order chi connectivity index (χ1) is 11.0. The van der Waals surface area contributed by atoms with Gasteiger partial charge in [-0.2, -0.15) is 0 Å². The van der Waals surface area contributed by atoms with Crippen molar-refractivity contribution in [2.24, 2.45) is 29.6 Å². The number of ketones is 1. The van der Waals surface area contributed by atoms with Gasteiger partial charge in [0.25, 0.3) is 6.47 Å². The smallest absolute Gasteiger partial charge is 0.307 e. The second kappa shape index (κ2) is 6.93. The molecule has 0 saturated heterocycles. The molecule has 23 heavy (non-hydrogen) atoms. The number of aliphatic carboxylic acids is 1. The lowest BCUT2D eigenvalue weighted by Crippen LogP contribution is -2.59. The SMILES string of the molecule is CCCC(=O)C1C2C=CC(C(C(=O)NC)C2OC=O)C1C(=O)O. The Kier molecular flexibility index (Phi) is 5.18. The third kappa shape index (κ3) is 2.87. The summed E-state index contributed by atoms with van der Waals surface area (Å²) in [7, 11) is 1.45. The van der Waals surface area contributed by atoms with Crippen LogP contribution in [0.4, 0.5) is 0 Å². The molecule has 2 N–H and O–H groups in total. The Hall–Kier alpha value is -2.18. The first-order valence-corrected chi connectivity index (χ1v) is 7.72. The van der Waals surface area contributed by atoms with Crippen molar-refractivity contribution in [3.63, 3.8) is 0 Å². The molecule has 0 radical (unpaired) electrons. The van der Waals surface area contributed by atoms with Crippen molar-refractivity contribution >= 4 is 24.1 Å². The Bertz CT molecular complexity index is 543. The van der Waals surface area contributed by atoms with Gasteiger partial charge < -0.3 is 15.2 Å². The van der Waals surface area contributed by atoms with Crippen LogP contribution in [-0.2, 0) is 23.9 Å². The standard InChI is InChI=1S/C16H21NO6/c1-3-4-10(19)11-9-6-5-8(12(11)16(21)22)13(15(20)17-2)14(9)23-7-18/h5-9,11-14H,3-4H2,1-2H3,(H,17,20)(H,21,22). The molecule has 3 aliphatic rings. The van der Waals surface area contributed by atoms with Crippen molar-refractivity contribution in [1.82, 2.24) is 5.32 Å². The number of allylic oxidation sites excluding steroid dienone is 1. The van der Waals surface area contributed by atoms with Gasteiger partial charge in [0, 0.05) is 31.2 Å². The van der Waals surface area contributed by atoms with E-state index < -0.39 is 41.7 Å². The zero-order valence-corrected chi connectivity index (χ0v) is 13.1. The number of nitrogens with one attached hydrogen (secondary N) is 1. The quantitative estimate of drug-likeness (QED) is 0.518. The van der Waals surface area contributed by atoms with Crippen molar-refractivity contribution in [2.75, 3.05) is 7.05 Å². The fourth-order valence-electron chi connectivity index (χ4n) is 3.97. The average molecular weight is 323 g/mol. The molecule has 1 amide bonds. The molecule has 2 bridgehead atoms. The predicted octanol–water partition coefficient (Wildman–Crippen LogP) is 0.392. The molecule has 0 heterocycles. The number of ether oxygens (including phenoxy) is 1. The van der Waals surface area contributed by atoms with Crippen LogP contribution in [0.2, 0.25) is 0 Å². The van der Waals surface area contributed by atoms with Crippen molar-refractivity contribution < 1.29 is 29.0 Å². The van der Waals surface area contributed by atoms with Crippen LogP contribution in [0, 0.1) is 29.6 Å². The van der Waals surface area contributed by atoms with Gasteiger partial charge in [0.05, 0.1) is 11.8 Å². The predicted molar refractivity (Wildman–Crippen MR) is 79.1 cm³/mol. The van der Waals surface area contributed by atoms with E-state index >= 15 is 0 Å². The third-order valence-electron chi connectivity index (χ3n) is 4.83. The first-order valence-electron chi connectivity index (χ1n) is 7.72. The molecule has 3 rings (SSSR count). The van der Waals surface area contributed by atoms with Gasteiger partial charge in [0.2, 0.25) is 5.91 Å². The lowest BCUT2D eigenvalue weighted by molar-refractivity contribution is -0.170. The fourth-order valence-corrected chi connectivity index (χ4v) is 3.97. The highest BCUT2D eigenvalue weighted by Crippen LogP contribution is 2.50. The van der Waals surface area contributed by atoms with Crippen LogP contribution in [0.3, 0.4) is 0 Å². The molecule has 6 atom stereocenters. The van der Waals surface area contributed by atoms with Crippen LogP contribution in [0.25, 0.3) is 0 Å². The van der Waals surface area contributed by atoms with E-state index in [0.29, 0.717) is 6.42 Å². The molecule has 3 aliphatic carbocycles. The van der Waals surface area contributed by atoms with Gasteiger partial charge in [-0.1, -0.05) is 19.1 Å². The largest absolute Gasteiger partial charge is 0.481 e. The summed E-state index contributed by atoms with van der Waals surface area (Å²) < 4.78 is 5.10. The summed E-state index contributed by atoms with van der Waals surface area (Å²) in [6.45, 7) is 2.10. The topological polar surface area (TPSA) is 110 Å². The summed E-state index contributed by atoms with van der Waals surface area (Å²) in [5, 5.41) is 12.1. The first kappa shape index (κ1) is 17.2. The van der Waals surface area contributed by atoms with Crippen LogP contribution in [0.15, 0.2) is 12.2 Å². The maximum Gasteiger partial charge on any atom is 0.307 e. The van der Waals surface area contributed by atoms with E-state index in [1.807, 2.05) is 6.92 Å². The Morgan fingerprint density at radius 3 is 2.35 bits per heavy atom. The average Bonchev–Trinajstić information content (AvgIpc) is 2.54. The summed E-state index contributed by atoms with van der Waals surface area (Å²) in [5.41, 5.74) is 0. The molecule has 0 spiro atoms. The molecule has 126 valence electrons. The molecule has 1 saturated carbocycles. The highest BCUT2D eigenvalue weighted by atomic mass is 16.5. The fraction of sp³-hybridized carbons (Fsp3) is 0.625. The Morgan fingerprint density at radius 1 is 1.17 bits per heavy atom. The Morgan fingerprint density at radius 2 is 1.83 bits per heavy atom. The molecule has 1 fully saturated rings. The minimum Gasteiger partial charge on any atom is -0.481 e. The van der Waals surface area contributed by atoms with E-state index in [2.05, 4.69) is 5.32 Å². The number of hydrogen-bond acceptors (Lipinski definition) is 5. The minimum absolute atomic E-state index is 0.158. The zero-order valence-electron chi connectivity index (χ0n) is 13.1. The Labute approximate surface area is 134 Å². The van der Waals surface area contributed by atoms with E-state index in [1.54, 1.807) is 12.2 Å². The molecule has 0 aliphatic heterocycles. The van der Waals surface area contributed by atoms with Crippen LogP contribution < -0.4 is 5.32 Å². The number of rotatable bonds is 7. The molecule has 7 heteroatoms. The summed E-state index contributed by atoms with van der Waals surface area (Å²) >= 11 is 0. The molecule has 0 aromatic heterocycles. The highest BCUT2D eigenvalue weighted by molar-refractivity contribution is 5.90. The summed E-state index contributed by atoms with van der Waals surface area (Å²) in [5.74, 6) is -5.45. The van der Waals surface area contributed by atoms with Crippen molar-refractivity contribution in [3.05, 3.63) is 12.2 Å². The summed E-state index contributed by atoms with van der Waals surface area (Å²) in [6, 6.07) is 0. The van der Waals surface area contributed by atoms with Gasteiger partial charge >= 0.3 is 5.97 Å². The van der Waals surface area contributed by atoms with E-state index in [1.165, 1.54) is 7.05 Å². The highest BCUT2D eigenvalue weighted by Gasteiger charge is 2.59. The molecule has 0 aromatic rings. The lowest BCUT2D eigenvalue weighted by Gasteiger charge is -2.49. The summed E-state index contributed by atoms with van der Waals surface area (Å²) in [6.07, 6.45) is 3.45. The molecule has 7 nitrogen and oxygen atoms in total. The van der Waals surface area contributed by atoms with Crippen LogP contribution in [-0.4, -0.2) is 42.4 Å². The molecule has 0 aromatic carbocycles. The van der Waals surface area contributed by atoms with Crippen molar-refractivity contribution in [3.8, 4) is 0 Å². The number of carbonyl (C=O) groups is 4. The number of carbonyl (C=O) groups excluding carboxylic acids is 3. The van der Waals surface area contributed by atoms with Crippen molar-refractivity contribution in [1.29, 1.82) is 0 Å². The lowest BCUT2D eigenvalue weighted by atomic mass is 9.55. The number of carboxylic acids is 1. The van der Waals surface area contributed by atoms with Gasteiger partial charge in [-0.05, 0) is 6.42 Å². The normalized spacial score (nSPS) is 34.7. The summed E-state index contributed by atoms with van der Waals surface area (Å²) in [4.78, 5) is 47.3. The number of Topliss-reactive ketones (excluding diaryl/α,β-unsaturated/α-hetero) is 1. The minimum atomic E-state index is -1.10.